The Morgan fingerprint density at radius 2 is 1.88 bits per heavy atom. The number of likely N-dealkylation sites (tertiary alicyclic amines) is 1. The number of fused-ring (bicyclic) bond motifs is 1. The fourth-order valence-electron chi connectivity index (χ4n) is 3.85. The Morgan fingerprint density at radius 1 is 1.09 bits per heavy atom. The largest absolute Gasteiger partial charge is 0.490 e. The van der Waals surface area contributed by atoms with E-state index in [0.29, 0.717) is 39.0 Å². The minimum atomic E-state index is 0. The van der Waals surface area contributed by atoms with Crippen LogP contribution in [0.15, 0.2) is 23.2 Å². The number of aliphatic imine (C=N–C) groups is 1. The molecule has 2 aliphatic heterocycles. The smallest absolute Gasteiger partial charge is 0.195 e. The second-order valence-electron chi connectivity index (χ2n) is 8.52. The monoisotopic (exact) mass is 576 g/mol. The number of ether oxygens (including phenoxy) is 4. The van der Waals surface area contributed by atoms with Crippen molar-refractivity contribution in [2.45, 2.75) is 32.6 Å². The van der Waals surface area contributed by atoms with Gasteiger partial charge in [-0.15, -0.1) is 24.0 Å². The number of halogens is 1. The molecule has 9 heteroatoms. The Balaban J connectivity index is 0.00000385. The SMILES string of the molecule is COCCOCCCNC(=NCC(C)CN1CCCC1)Nc1ccc2c(c1)OCCCO2.I. The number of methoxy groups -OCH3 is 1. The van der Waals surface area contributed by atoms with E-state index in [2.05, 4.69) is 22.5 Å². The molecule has 0 radical (unpaired) electrons. The molecule has 188 valence electrons. The standard InChI is InChI=1S/C24H40N4O4.HI/c1-20(19-28-10-3-4-11-28)18-26-24(25-9-5-12-30-16-15-29-2)27-21-7-8-22-23(17-21)32-14-6-13-31-22;/h7-8,17,20H,3-6,9-16,18-19H2,1-2H3,(H2,25,26,27);1H. The number of nitrogens with one attached hydrogen (secondary N) is 2. The van der Waals surface area contributed by atoms with Crippen LogP contribution in [0.5, 0.6) is 11.5 Å². The first-order valence-corrected chi connectivity index (χ1v) is 12.0. The predicted molar refractivity (Wildman–Crippen MR) is 144 cm³/mol. The average Bonchev–Trinajstić information content (AvgIpc) is 3.19. The van der Waals surface area contributed by atoms with Gasteiger partial charge < -0.3 is 34.5 Å². The van der Waals surface area contributed by atoms with Crippen molar-refractivity contribution in [3.8, 4) is 11.5 Å². The summed E-state index contributed by atoms with van der Waals surface area (Å²) in [6.45, 7) is 10.7. The Labute approximate surface area is 215 Å². The number of rotatable bonds is 12. The normalized spacial score (nSPS) is 17.2. The molecule has 0 aromatic heterocycles. The number of hydrogen-bond donors (Lipinski definition) is 2. The molecule has 1 fully saturated rings. The summed E-state index contributed by atoms with van der Waals surface area (Å²) in [5.74, 6) is 2.87. The van der Waals surface area contributed by atoms with Gasteiger partial charge in [-0.3, -0.25) is 4.99 Å². The second kappa shape index (κ2) is 16.3. The zero-order chi connectivity index (χ0) is 22.4. The lowest BCUT2D eigenvalue weighted by Crippen LogP contribution is -2.33. The van der Waals surface area contributed by atoms with Crippen LogP contribution in [-0.2, 0) is 9.47 Å². The van der Waals surface area contributed by atoms with Gasteiger partial charge in [0.15, 0.2) is 17.5 Å². The van der Waals surface area contributed by atoms with Crippen LogP contribution >= 0.6 is 24.0 Å². The molecule has 0 bridgehead atoms. The molecule has 0 spiro atoms. The molecular weight excluding hydrogens is 535 g/mol. The first-order chi connectivity index (χ1) is 15.7. The summed E-state index contributed by atoms with van der Waals surface area (Å²) in [6, 6.07) is 5.95. The van der Waals surface area contributed by atoms with Crippen molar-refractivity contribution in [1.82, 2.24) is 10.2 Å². The van der Waals surface area contributed by atoms with Crippen LogP contribution in [0.25, 0.3) is 0 Å². The van der Waals surface area contributed by atoms with Crippen molar-refractivity contribution >= 4 is 35.6 Å². The molecule has 0 amide bonds. The number of nitrogens with zero attached hydrogens (tertiary/aromatic N) is 2. The van der Waals surface area contributed by atoms with Gasteiger partial charge in [-0.1, -0.05) is 6.92 Å². The van der Waals surface area contributed by atoms with Crippen molar-refractivity contribution in [2.75, 3.05) is 78.2 Å². The zero-order valence-corrected chi connectivity index (χ0v) is 22.5. The Bertz CT molecular complexity index is 701. The van der Waals surface area contributed by atoms with Crippen LogP contribution in [0, 0.1) is 5.92 Å². The molecule has 1 atom stereocenters. The molecular formula is C24H41IN4O4. The van der Waals surface area contributed by atoms with Gasteiger partial charge in [0.05, 0.1) is 26.4 Å². The van der Waals surface area contributed by atoms with E-state index in [0.717, 1.165) is 55.6 Å². The third kappa shape index (κ3) is 10.7. The van der Waals surface area contributed by atoms with E-state index in [1.54, 1.807) is 7.11 Å². The fraction of sp³-hybridized carbons (Fsp3) is 0.708. The highest BCUT2D eigenvalue weighted by molar-refractivity contribution is 14.0. The lowest BCUT2D eigenvalue weighted by Gasteiger charge is -2.20. The minimum absolute atomic E-state index is 0. The van der Waals surface area contributed by atoms with Gasteiger partial charge >= 0.3 is 0 Å². The topological polar surface area (TPSA) is 76.6 Å². The highest BCUT2D eigenvalue weighted by atomic mass is 127. The van der Waals surface area contributed by atoms with E-state index in [-0.39, 0.29) is 24.0 Å². The van der Waals surface area contributed by atoms with E-state index < -0.39 is 0 Å². The maximum atomic E-state index is 5.83. The Morgan fingerprint density at radius 3 is 2.67 bits per heavy atom. The van der Waals surface area contributed by atoms with Crippen molar-refractivity contribution in [1.29, 1.82) is 0 Å². The molecule has 8 nitrogen and oxygen atoms in total. The first-order valence-electron chi connectivity index (χ1n) is 12.0. The molecule has 2 aliphatic rings. The van der Waals surface area contributed by atoms with Crippen LogP contribution in [0.4, 0.5) is 5.69 Å². The minimum Gasteiger partial charge on any atom is -0.490 e. The van der Waals surface area contributed by atoms with Gasteiger partial charge in [0, 0.05) is 51.5 Å². The van der Waals surface area contributed by atoms with Gasteiger partial charge in [0.2, 0.25) is 0 Å². The van der Waals surface area contributed by atoms with Crippen molar-refractivity contribution in [2.24, 2.45) is 10.9 Å². The summed E-state index contributed by atoms with van der Waals surface area (Å²) in [5.41, 5.74) is 0.934. The maximum Gasteiger partial charge on any atom is 0.195 e. The number of benzene rings is 1. The summed E-state index contributed by atoms with van der Waals surface area (Å²) in [7, 11) is 1.68. The molecule has 2 heterocycles. The van der Waals surface area contributed by atoms with E-state index in [4.69, 9.17) is 23.9 Å². The molecule has 2 N–H and O–H groups in total. The van der Waals surface area contributed by atoms with E-state index in [1.165, 1.54) is 25.9 Å². The third-order valence-electron chi connectivity index (χ3n) is 5.53. The van der Waals surface area contributed by atoms with Crippen molar-refractivity contribution in [3.63, 3.8) is 0 Å². The zero-order valence-electron chi connectivity index (χ0n) is 20.1. The van der Waals surface area contributed by atoms with Crippen LogP contribution in [-0.4, -0.2) is 83.7 Å². The first kappa shape index (κ1) is 27.9. The number of anilines is 1. The van der Waals surface area contributed by atoms with E-state index >= 15 is 0 Å². The van der Waals surface area contributed by atoms with Gasteiger partial charge in [0.1, 0.15) is 0 Å². The average molecular weight is 577 g/mol. The molecule has 0 saturated carbocycles. The summed E-state index contributed by atoms with van der Waals surface area (Å²) in [5, 5.41) is 6.88. The second-order valence-corrected chi connectivity index (χ2v) is 8.52. The van der Waals surface area contributed by atoms with Gasteiger partial charge in [-0.2, -0.15) is 0 Å². The molecule has 0 aliphatic carbocycles. The van der Waals surface area contributed by atoms with Gasteiger partial charge in [-0.25, -0.2) is 0 Å². The van der Waals surface area contributed by atoms with Crippen LogP contribution in [0.3, 0.4) is 0 Å². The maximum absolute atomic E-state index is 5.83. The highest BCUT2D eigenvalue weighted by Crippen LogP contribution is 2.32. The van der Waals surface area contributed by atoms with E-state index in [1.807, 2.05) is 18.2 Å². The van der Waals surface area contributed by atoms with Crippen LogP contribution in [0.2, 0.25) is 0 Å². The lowest BCUT2D eigenvalue weighted by molar-refractivity contribution is 0.0699. The van der Waals surface area contributed by atoms with Crippen molar-refractivity contribution < 1.29 is 18.9 Å². The molecule has 1 aromatic carbocycles. The van der Waals surface area contributed by atoms with Crippen molar-refractivity contribution in [3.05, 3.63) is 18.2 Å². The Kier molecular flexibility index (Phi) is 13.8. The number of hydrogen-bond acceptors (Lipinski definition) is 6. The third-order valence-corrected chi connectivity index (χ3v) is 5.53. The summed E-state index contributed by atoms with van der Waals surface area (Å²) in [6.07, 6.45) is 4.43. The van der Waals surface area contributed by atoms with Gasteiger partial charge in [0.25, 0.3) is 0 Å². The number of guanidine groups is 1. The lowest BCUT2D eigenvalue weighted by atomic mass is 10.2. The predicted octanol–water partition coefficient (Wildman–Crippen LogP) is 3.61. The molecule has 3 rings (SSSR count). The fourth-order valence-corrected chi connectivity index (χ4v) is 3.85. The molecule has 33 heavy (non-hydrogen) atoms. The molecule has 1 aromatic rings. The Hall–Kier alpha value is -1.30. The van der Waals surface area contributed by atoms with Crippen LogP contribution in [0.1, 0.15) is 32.6 Å². The highest BCUT2D eigenvalue weighted by Gasteiger charge is 2.15. The summed E-state index contributed by atoms with van der Waals surface area (Å²) in [4.78, 5) is 7.42. The van der Waals surface area contributed by atoms with Gasteiger partial charge in [-0.05, 0) is 50.4 Å². The summed E-state index contributed by atoms with van der Waals surface area (Å²) < 4.78 is 22.1. The van der Waals surface area contributed by atoms with Crippen LogP contribution < -0.4 is 20.1 Å². The molecule has 1 unspecified atom stereocenters. The summed E-state index contributed by atoms with van der Waals surface area (Å²) >= 11 is 0. The van der Waals surface area contributed by atoms with E-state index in [9.17, 15) is 0 Å². The molecule has 1 saturated heterocycles. The quantitative estimate of drug-likeness (QED) is 0.171.